The Morgan fingerprint density at radius 3 is 2.39 bits per heavy atom. The molecule has 2 aromatic rings. The fourth-order valence-corrected chi connectivity index (χ4v) is 1.96. The maximum absolute atomic E-state index is 11.2. The van der Waals surface area contributed by atoms with Gasteiger partial charge < -0.3 is 15.5 Å². The Hall–Kier alpha value is -1.91. The molecule has 0 aliphatic heterocycles. The molecule has 0 saturated heterocycles. The maximum atomic E-state index is 11.2. The largest absolute Gasteiger partial charge is 0.392 e. The van der Waals surface area contributed by atoms with Gasteiger partial charge in [-0.05, 0) is 34.7 Å². The van der Waals surface area contributed by atoms with Crippen LogP contribution >= 0.6 is 0 Å². The molecule has 0 unspecified atom stereocenters. The smallest absolute Gasteiger partial charge is 0.221 e. The number of nitrogens with one attached hydrogen (secondary N) is 1. The lowest BCUT2D eigenvalue weighted by Gasteiger charge is -2.10. The van der Waals surface area contributed by atoms with Gasteiger partial charge in [0.2, 0.25) is 5.91 Å². The summed E-state index contributed by atoms with van der Waals surface area (Å²) in [5, 5.41) is 22.9. The molecular weight excluding hydrogens is 230 g/mol. The molecular formula is C14H15NO3. The van der Waals surface area contributed by atoms with Crippen molar-refractivity contribution < 1.29 is 15.0 Å². The van der Waals surface area contributed by atoms with Gasteiger partial charge in [0.1, 0.15) is 0 Å². The Balaban J connectivity index is 2.63. The van der Waals surface area contributed by atoms with Crippen molar-refractivity contribution in [1.29, 1.82) is 0 Å². The first-order valence-electron chi connectivity index (χ1n) is 5.69. The first-order valence-corrected chi connectivity index (χ1v) is 5.69. The Morgan fingerprint density at radius 2 is 1.78 bits per heavy atom. The summed E-state index contributed by atoms with van der Waals surface area (Å²) in [5.74, 6) is -0.155. The van der Waals surface area contributed by atoms with Crippen LogP contribution in [-0.2, 0) is 18.0 Å². The highest BCUT2D eigenvalue weighted by Gasteiger charge is 2.06. The molecule has 0 atom stereocenters. The molecule has 18 heavy (non-hydrogen) atoms. The average Bonchev–Trinajstić information content (AvgIpc) is 2.37. The predicted molar refractivity (Wildman–Crippen MR) is 70.1 cm³/mol. The first kappa shape index (κ1) is 12.5. The molecule has 4 nitrogen and oxygen atoms in total. The number of carbonyl (C=O) groups is 1. The highest BCUT2D eigenvalue weighted by molar-refractivity contribution is 6.02. The second-order valence-corrected chi connectivity index (χ2v) is 4.20. The predicted octanol–water partition coefficient (Wildman–Crippen LogP) is 1.78. The zero-order valence-electron chi connectivity index (χ0n) is 10.1. The number of hydrogen-bond donors (Lipinski definition) is 3. The number of amides is 1. The SMILES string of the molecule is CC(=O)Nc1cc(CO)cc2cc(CO)ccc12. The molecule has 2 rings (SSSR count). The topological polar surface area (TPSA) is 69.6 Å². The van der Waals surface area contributed by atoms with Crippen LogP contribution in [0.4, 0.5) is 5.69 Å². The van der Waals surface area contributed by atoms with E-state index in [1.54, 1.807) is 6.07 Å². The van der Waals surface area contributed by atoms with Crippen molar-refractivity contribution in [3.05, 3.63) is 41.5 Å². The molecule has 0 fully saturated rings. The first-order chi connectivity index (χ1) is 8.63. The zero-order chi connectivity index (χ0) is 13.1. The van der Waals surface area contributed by atoms with E-state index >= 15 is 0 Å². The second-order valence-electron chi connectivity index (χ2n) is 4.20. The third-order valence-electron chi connectivity index (χ3n) is 2.75. The molecule has 0 bridgehead atoms. The molecule has 0 radical (unpaired) electrons. The van der Waals surface area contributed by atoms with Crippen LogP contribution in [0.3, 0.4) is 0 Å². The van der Waals surface area contributed by atoms with Gasteiger partial charge in [0.05, 0.1) is 13.2 Å². The molecule has 0 aliphatic carbocycles. The highest BCUT2D eigenvalue weighted by atomic mass is 16.3. The summed E-state index contributed by atoms with van der Waals surface area (Å²) in [6, 6.07) is 9.11. The monoisotopic (exact) mass is 245 g/mol. The van der Waals surface area contributed by atoms with Crippen LogP contribution in [0.5, 0.6) is 0 Å². The number of aliphatic hydroxyl groups is 2. The molecule has 0 aliphatic rings. The molecule has 0 heterocycles. The minimum Gasteiger partial charge on any atom is -0.392 e. The van der Waals surface area contributed by atoms with Crippen molar-refractivity contribution in [1.82, 2.24) is 0 Å². The Kier molecular flexibility index (Phi) is 3.60. The number of benzene rings is 2. The summed E-state index contributed by atoms with van der Waals surface area (Å²) in [4.78, 5) is 11.2. The zero-order valence-corrected chi connectivity index (χ0v) is 10.1. The second kappa shape index (κ2) is 5.16. The normalized spacial score (nSPS) is 10.6. The number of fused-ring (bicyclic) bond motifs is 1. The van der Waals surface area contributed by atoms with Crippen LogP contribution in [0.2, 0.25) is 0 Å². The summed E-state index contributed by atoms with van der Waals surface area (Å²) >= 11 is 0. The van der Waals surface area contributed by atoms with Gasteiger partial charge in [-0.1, -0.05) is 12.1 Å². The third-order valence-corrected chi connectivity index (χ3v) is 2.75. The van der Waals surface area contributed by atoms with Crippen molar-refractivity contribution >= 4 is 22.4 Å². The van der Waals surface area contributed by atoms with Crippen LogP contribution in [0, 0.1) is 0 Å². The highest BCUT2D eigenvalue weighted by Crippen LogP contribution is 2.27. The summed E-state index contributed by atoms with van der Waals surface area (Å²) in [6.07, 6.45) is 0. The van der Waals surface area contributed by atoms with E-state index < -0.39 is 0 Å². The van der Waals surface area contributed by atoms with E-state index in [0.717, 1.165) is 21.9 Å². The lowest BCUT2D eigenvalue weighted by Crippen LogP contribution is -2.06. The van der Waals surface area contributed by atoms with Gasteiger partial charge in [0.15, 0.2) is 0 Å². The molecule has 94 valence electrons. The number of rotatable bonds is 3. The van der Waals surface area contributed by atoms with Crippen LogP contribution in [-0.4, -0.2) is 16.1 Å². The van der Waals surface area contributed by atoms with Gasteiger partial charge in [-0.15, -0.1) is 0 Å². The van der Waals surface area contributed by atoms with Crippen molar-refractivity contribution in [2.24, 2.45) is 0 Å². The fourth-order valence-electron chi connectivity index (χ4n) is 1.96. The van der Waals surface area contributed by atoms with Crippen molar-refractivity contribution in [2.45, 2.75) is 20.1 Å². The van der Waals surface area contributed by atoms with E-state index in [0.29, 0.717) is 5.69 Å². The molecule has 0 spiro atoms. The maximum Gasteiger partial charge on any atom is 0.221 e. The summed E-state index contributed by atoms with van der Waals surface area (Å²) in [6.45, 7) is 1.32. The van der Waals surface area contributed by atoms with E-state index in [-0.39, 0.29) is 19.1 Å². The number of aliphatic hydroxyl groups excluding tert-OH is 2. The number of hydrogen-bond acceptors (Lipinski definition) is 3. The Labute approximate surface area is 105 Å². The standard InChI is InChI=1S/C14H15NO3/c1-9(18)15-14-6-11(8-17)5-12-4-10(7-16)2-3-13(12)14/h2-6,16-17H,7-8H2,1H3,(H,15,18). The van der Waals surface area contributed by atoms with Gasteiger partial charge in [0, 0.05) is 18.0 Å². The lowest BCUT2D eigenvalue weighted by atomic mass is 10.0. The fraction of sp³-hybridized carbons (Fsp3) is 0.214. The molecule has 1 amide bonds. The van der Waals surface area contributed by atoms with Crippen LogP contribution in [0.25, 0.3) is 10.8 Å². The third kappa shape index (κ3) is 2.50. The summed E-state index contributed by atoms with van der Waals surface area (Å²) in [5.41, 5.74) is 2.20. The minimum atomic E-state index is -0.155. The van der Waals surface area contributed by atoms with Crippen LogP contribution in [0.15, 0.2) is 30.3 Å². The van der Waals surface area contributed by atoms with E-state index in [4.69, 9.17) is 5.11 Å². The van der Waals surface area contributed by atoms with E-state index in [9.17, 15) is 9.90 Å². The van der Waals surface area contributed by atoms with Gasteiger partial charge in [-0.2, -0.15) is 0 Å². The van der Waals surface area contributed by atoms with Crippen molar-refractivity contribution in [2.75, 3.05) is 5.32 Å². The number of carbonyl (C=O) groups excluding carboxylic acids is 1. The van der Waals surface area contributed by atoms with E-state index in [1.165, 1.54) is 6.92 Å². The summed E-state index contributed by atoms with van der Waals surface area (Å²) in [7, 11) is 0. The molecule has 2 aromatic carbocycles. The average molecular weight is 245 g/mol. The van der Waals surface area contributed by atoms with Crippen LogP contribution < -0.4 is 5.32 Å². The minimum absolute atomic E-state index is 0.0330. The van der Waals surface area contributed by atoms with Gasteiger partial charge in [-0.3, -0.25) is 4.79 Å². The van der Waals surface area contributed by atoms with E-state index in [2.05, 4.69) is 5.32 Å². The van der Waals surface area contributed by atoms with E-state index in [1.807, 2.05) is 24.3 Å². The summed E-state index contributed by atoms with van der Waals surface area (Å²) < 4.78 is 0. The van der Waals surface area contributed by atoms with Crippen LogP contribution in [0.1, 0.15) is 18.1 Å². The van der Waals surface area contributed by atoms with Gasteiger partial charge >= 0.3 is 0 Å². The van der Waals surface area contributed by atoms with Gasteiger partial charge in [0.25, 0.3) is 0 Å². The quantitative estimate of drug-likeness (QED) is 0.772. The Bertz CT molecular complexity index is 588. The van der Waals surface area contributed by atoms with Crippen molar-refractivity contribution in [3.63, 3.8) is 0 Å². The Morgan fingerprint density at radius 1 is 1.11 bits per heavy atom. The molecule has 4 heteroatoms. The van der Waals surface area contributed by atoms with Gasteiger partial charge in [-0.25, -0.2) is 0 Å². The molecule has 0 saturated carbocycles. The van der Waals surface area contributed by atoms with Crippen molar-refractivity contribution in [3.8, 4) is 0 Å². The lowest BCUT2D eigenvalue weighted by molar-refractivity contribution is -0.114. The molecule has 0 aromatic heterocycles. The number of anilines is 1. The molecule has 3 N–H and O–H groups in total.